The van der Waals surface area contributed by atoms with Crippen LogP contribution in [0.25, 0.3) is 0 Å². The molecule has 0 aromatic heterocycles. The Morgan fingerprint density at radius 1 is 0.326 bits per heavy atom. The quantitative estimate of drug-likeness (QED) is 0.180. The van der Waals surface area contributed by atoms with Crippen LogP contribution < -0.4 is 10.2 Å². The molecule has 6 heteroatoms. The minimum Gasteiger partial charge on any atom is -0.545 e. The van der Waals surface area contributed by atoms with Crippen molar-refractivity contribution < 1.29 is 19.8 Å². The molecule has 260 valence electrons. The molecule has 0 radical (unpaired) electrons. The Kier molecular flexibility index (Phi) is 19.4. The van der Waals surface area contributed by atoms with Gasteiger partial charge in [-0.1, -0.05) is 0 Å². The van der Waals surface area contributed by atoms with Gasteiger partial charge >= 0.3 is 256 Å². The largest absolute Gasteiger partial charge is 0.545 e. The maximum absolute atomic E-state index is 9.41. The van der Waals surface area contributed by atoms with Gasteiger partial charge < -0.3 is 19.8 Å². The summed E-state index contributed by atoms with van der Waals surface area (Å²) in [6.07, 6.45) is 49.2. The Hall–Kier alpha value is 0.277. The number of rotatable bonds is 8. The molecule has 4 nitrogen and oxygen atoms in total. The van der Waals surface area contributed by atoms with E-state index in [2.05, 4.69) is 0 Å². The second-order valence-corrected chi connectivity index (χ2v) is 35.7. The number of hydrogen-bond acceptors (Lipinski definition) is 4. The smallest absolute Gasteiger partial charge is 0.0643 e. The summed E-state index contributed by atoms with van der Waals surface area (Å²) in [5, 5.41) is 18.8. The molecule has 0 aromatic rings. The first kappa shape index (κ1) is 39.1. The summed E-state index contributed by atoms with van der Waals surface area (Å²) in [6.45, 7) is 0. The van der Waals surface area contributed by atoms with E-state index in [1.54, 1.807) is 193 Å². The fraction of sp³-hybridized carbons (Fsp3) is 0.900. The molecular formula is C40H68O4Sn2. The minimum absolute atomic E-state index is 0.384. The molecule has 6 aliphatic carbocycles. The molecule has 0 aliphatic heterocycles. The first-order valence-corrected chi connectivity index (χ1v) is 30.2. The number of carboxylic acid groups (broad SMARTS) is 2. The van der Waals surface area contributed by atoms with Gasteiger partial charge in [0.2, 0.25) is 0 Å². The van der Waals surface area contributed by atoms with Crippen LogP contribution in [0.3, 0.4) is 0 Å². The molecule has 6 saturated carbocycles. The molecule has 46 heavy (non-hydrogen) atoms. The predicted molar refractivity (Wildman–Crippen MR) is 192 cm³/mol. The average molecular weight is 850 g/mol. The third-order valence-electron chi connectivity index (χ3n) is 12.8. The Labute approximate surface area is 297 Å². The van der Waals surface area contributed by atoms with Crippen LogP contribution in [0.4, 0.5) is 0 Å². The van der Waals surface area contributed by atoms with E-state index in [-0.39, 0.29) is 0 Å². The van der Waals surface area contributed by atoms with Crippen molar-refractivity contribution in [1.82, 2.24) is 0 Å². The van der Waals surface area contributed by atoms with E-state index < -0.39 is 51.5 Å². The Morgan fingerprint density at radius 2 is 0.478 bits per heavy atom. The van der Waals surface area contributed by atoms with Crippen molar-refractivity contribution in [3.05, 3.63) is 12.2 Å². The monoisotopic (exact) mass is 852 g/mol. The first-order valence-electron chi connectivity index (χ1n) is 20.4. The zero-order valence-electron chi connectivity index (χ0n) is 29.5. The van der Waals surface area contributed by atoms with Gasteiger partial charge in [-0.3, -0.25) is 0 Å². The van der Waals surface area contributed by atoms with Crippen LogP contribution in [0.2, 0.25) is 23.6 Å². The maximum atomic E-state index is 9.41. The summed E-state index contributed by atoms with van der Waals surface area (Å²) in [7, 11) is 0. The SMILES string of the molecule is C1CC[CH]([Sn+]([CH]2CCCCC2)[CH]2CCCCC2)CC1.C1CC[CH]([Sn+]([CH]2CCCCC2)[CH]2CCCCC2)CC1.O=C([O-])C=CC(=O)[O-]. The second-order valence-electron chi connectivity index (χ2n) is 16.0. The standard InChI is InChI=1S/6C6H11.C4H4O4.2Sn/c6*1-2-4-6-5-3-1;5-3(6)1-2-4(7)8;;/h6*1H,2-6H2;1-2H,(H,5,6)(H,7,8);;/q;;;;;;;2*+1/p-2. The molecule has 0 bridgehead atoms. The topological polar surface area (TPSA) is 80.3 Å². The molecule has 6 fully saturated rings. The summed E-state index contributed by atoms with van der Waals surface area (Å²) in [5.74, 6) is -3.09. The van der Waals surface area contributed by atoms with Crippen molar-refractivity contribution in [3.8, 4) is 0 Å². The molecule has 0 unspecified atom stereocenters. The summed E-state index contributed by atoms with van der Waals surface area (Å²) < 4.78 is 7.93. The molecule has 0 saturated heterocycles. The van der Waals surface area contributed by atoms with E-state index in [0.717, 1.165) is 0 Å². The molecule has 6 rings (SSSR count). The van der Waals surface area contributed by atoms with Gasteiger partial charge in [-0.05, 0) is 12.2 Å². The van der Waals surface area contributed by atoms with Crippen molar-refractivity contribution in [2.24, 2.45) is 0 Å². The zero-order valence-corrected chi connectivity index (χ0v) is 35.2. The Bertz CT molecular complexity index is 701. The van der Waals surface area contributed by atoms with Crippen LogP contribution in [-0.4, -0.2) is 51.5 Å². The molecule has 6 aliphatic rings. The molecule has 0 atom stereocenters. The van der Waals surface area contributed by atoms with E-state index in [1.165, 1.54) is 23.6 Å². The van der Waals surface area contributed by atoms with E-state index in [0.29, 0.717) is 12.2 Å². The number of aliphatic carboxylic acids is 2. The third kappa shape index (κ3) is 13.9. The van der Waals surface area contributed by atoms with Crippen LogP contribution in [0.15, 0.2) is 12.2 Å². The Morgan fingerprint density at radius 3 is 0.609 bits per heavy atom. The van der Waals surface area contributed by atoms with Gasteiger partial charge in [-0.25, -0.2) is 0 Å². The van der Waals surface area contributed by atoms with Gasteiger partial charge in [0.05, 0.1) is 11.9 Å². The summed E-state index contributed by atoms with van der Waals surface area (Å²) in [5.41, 5.74) is 0. The average Bonchev–Trinajstić information content (AvgIpc) is 3.11. The third-order valence-corrected chi connectivity index (χ3v) is 38.8. The maximum Gasteiger partial charge on any atom is 0.0643 e. The van der Waals surface area contributed by atoms with E-state index >= 15 is 0 Å². The van der Waals surface area contributed by atoms with Crippen LogP contribution in [0.5, 0.6) is 0 Å². The molecule has 0 amide bonds. The number of hydrogen-bond donors (Lipinski definition) is 0. The van der Waals surface area contributed by atoms with E-state index in [4.69, 9.17) is 0 Å². The summed E-state index contributed by atoms with van der Waals surface area (Å²) in [6, 6.07) is 0. The van der Waals surface area contributed by atoms with Gasteiger partial charge in [0, 0.05) is 0 Å². The number of carbonyl (C=O) groups is 2. The summed E-state index contributed by atoms with van der Waals surface area (Å²) >= 11 is -2.30. The normalized spacial score (nSPS) is 25.1. The molecular weight excluding hydrogens is 782 g/mol. The van der Waals surface area contributed by atoms with Crippen LogP contribution in [-0.2, 0) is 9.59 Å². The van der Waals surface area contributed by atoms with Gasteiger partial charge in [0.25, 0.3) is 0 Å². The zero-order chi connectivity index (χ0) is 32.4. The van der Waals surface area contributed by atoms with Crippen molar-refractivity contribution in [2.45, 2.75) is 216 Å². The van der Waals surface area contributed by atoms with Gasteiger partial charge in [-0.2, -0.15) is 0 Å². The fourth-order valence-corrected chi connectivity index (χ4v) is 40.6. The van der Waals surface area contributed by atoms with Gasteiger partial charge in [0.15, 0.2) is 0 Å². The number of carboxylic acids is 2. The van der Waals surface area contributed by atoms with Gasteiger partial charge in [-0.15, -0.1) is 0 Å². The van der Waals surface area contributed by atoms with Crippen LogP contribution >= 0.6 is 0 Å². The van der Waals surface area contributed by atoms with Crippen molar-refractivity contribution in [1.29, 1.82) is 0 Å². The van der Waals surface area contributed by atoms with Crippen LogP contribution in [0.1, 0.15) is 193 Å². The summed E-state index contributed by atoms with van der Waals surface area (Å²) in [4.78, 5) is 18.8. The van der Waals surface area contributed by atoms with Crippen molar-refractivity contribution >= 4 is 51.5 Å². The van der Waals surface area contributed by atoms with Gasteiger partial charge in [0.1, 0.15) is 0 Å². The number of carbonyl (C=O) groups excluding carboxylic acids is 2. The van der Waals surface area contributed by atoms with Crippen molar-refractivity contribution in [2.75, 3.05) is 0 Å². The molecule has 0 heterocycles. The first-order chi connectivity index (χ1) is 22.5. The predicted octanol–water partition coefficient (Wildman–Crippen LogP) is 10.0. The molecule has 0 N–H and O–H groups in total. The van der Waals surface area contributed by atoms with E-state index in [1.807, 2.05) is 0 Å². The van der Waals surface area contributed by atoms with E-state index in [9.17, 15) is 19.8 Å². The second kappa shape index (κ2) is 22.9. The Balaban J connectivity index is 0.000000170. The molecule has 0 spiro atoms. The van der Waals surface area contributed by atoms with Crippen LogP contribution in [0, 0.1) is 0 Å². The minimum atomic E-state index is -1.55. The van der Waals surface area contributed by atoms with Crippen molar-refractivity contribution in [3.63, 3.8) is 0 Å². The fourth-order valence-electron chi connectivity index (χ4n) is 10.8. The molecule has 0 aromatic carbocycles.